The van der Waals surface area contributed by atoms with Crippen LogP contribution >= 0.6 is 34.7 Å². The van der Waals surface area contributed by atoms with Gasteiger partial charge in [-0.2, -0.15) is 0 Å². The number of nitrogens with one attached hydrogen (secondary N) is 2. The van der Waals surface area contributed by atoms with Gasteiger partial charge in [-0.05, 0) is 43.3 Å². The van der Waals surface area contributed by atoms with E-state index in [9.17, 15) is 4.79 Å². The normalized spacial score (nSPS) is 11.8. The van der Waals surface area contributed by atoms with Crippen LogP contribution in [0, 0.1) is 0 Å². The van der Waals surface area contributed by atoms with Crippen LogP contribution in [0.15, 0.2) is 58.9 Å². The van der Waals surface area contributed by atoms with E-state index in [4.69, 9.17) is 11.6 Å². The predicted octanol–water partition coefficient (Wildman–Crippen LogP) is 5.05. The van der Waals surface area contributed by atoms with Crippen LogP contribution in [0.2, 0.25) is 5.02 Å². The lowest BCUT2D eigenvalue weighted by molar-refractivity contribution is -0.115. The minimum absolute atomic E-state index is 0.0971. The number of rotatable bonds is 6. The molecule has 25 heavy (non-hydrogen) atoms. The number of para-hydroxylation sites is 1. The molecule has 0 saturated heterocycles. The number of halogens is 1. The summed E-state index contributed by atoms with van der Waals surface area (Å²) in [5.41, 5.74) is 1.66. The fourth-order valence-corrected chi connectivity index (χ4v) is 3.98. The van der Waals surface area contributed by atoms with Crippen LogP contribution in [-0.2, 0) is 4.79 Å². The molecule has 1 aromatic heterocycles. The van der Waals surface area contributed by atoms with Crippen LogP contribution in [-0.4, -0.2) is 21.4 Å². The van der Waals surface area contributed by atoms with Gasteiger partial charge in [0.15, 0.2) is 4.34 Å². The second kappa shape index (κ2) is 8.33. The number of nitrogens with zero attached hydrogens (tertiary/aromatic N) is 2. The zero-order valence-electron chi connectivity index (χ0n) is 13.3. The molecule has 1 atom stereocenters. The van der Waals surface area contributed by atoms with Crippen LogP contribution in [0.5, 0.6) is 0 Å². The number of carbonyl (C=O) groups is 1. The summed E-state index contributed by atoms with van der Waals surface area (Å²) in [5.74, 6) is -0.0971. The summed E-state index contributed by atoms with van der Waals surface area (Å²) in [6, 6.07) is 16.8. The average Bonchev–Trinajstić information content (AvgIpc) is 3.04. The van der Waals surface area contributed by atoms with Gasteiger partial charge in [-0.3, -0.25) is 4.79 Å². The van der Waals surface area contributed by atoms with E-state index in [1.54, 1.807) is 24.3 Å². The zero-order chi connectivity index (χ0) is 17.6. The molecular formula is C17H15ClN4OS2. The summed E-state index contributed by atoms with van der Waals surface area (Å²) in [5, 5.41) is 15.3. The van der Waals surface area contributed by atoms with E-state index < -0.39 is 0 Å². The van der Waals surface area contributed by atoms with E-state index in [2.05, 4.69) is 20.8 Å². The third kappa shape index (κ3) is 5.19. The first kappa shape index (κ1) is 17.7. The van der Waals surface area contributed by atoms with Crippen LogP contribution in [0.1, 0.15) is 6.92 Å². The summed E-state index contributed by atoms with van der Waals surface area (Å²) in [4.78, 5) is 12.3. The Morgan fingerprint density at radius 1 is 1.08 bits per heavy atom. The Bertz CT molecular complexity index is 839. The molecule has 1 heterocycles. The molecule has 1 amide bonds. The first-order chi connectivity index (χ1) is 12.1. The van der Waals surface area contributed by atoms with Gasteiger partial charge in [0, 0.05) is 16.4 Å². The van der Waals surface area contributed by atoms with Crippen molar-refractivity contribution < 1.29 is 4.79 Å². The average molecular weight is 391 g/mol. The zero-order valence-corrected chi connectivity index (χ0v) is 15.7. The molecule has 3 rings (SSSR count). The van der Waals surface area contributed by atoms with E-state index >= 15 is 0 Å². The molecule has 3 aromatic rings. The lowest BCUT2D eigenvalue weighted by Gasteiger charge is -2.10. The quantitative estimate of drug-likeness (QED) is 0.576. The van der Waals surface area contributed by atoms with Crippen molar-refractivity contribution in [2.24, 2.45) is 0 Å². The molecule has 0 spiro atoms. The largest absolute Gasteiger partial charge is 0.330 e. The molecule has 1 unspecified atom stereocenters. The van der Waals surface area contributed by atoms with Gasteiger partial charge in [0.2, 0.25) is 11.0 Å². The monoisotopic (exact) mass is 390 g/mol. The SMILES string of the molecule is CC(Sc1nnc(Nc2ccccc2)s1)C(=O)Nc1ccc(Cl)cc1. The van der Waals surface area contributed by atoms with Crippen molar-refractivity contribution in [1.82, 2.24) is 10.2 Å². The molecule has 0 aliphatic heterocycles. The highest BCUT2D eigenvalue weighted by Crippen LogP contribution is 2.30. The number of anilines is 3. The molecule has 0 aliphatic rings. The van der Waals surface area contributed by atoms with Crippen molar-refractivity contribution >= 4 is 57.1 Å². The van der Waals surface area contributed by atoms with Crippen molar-refractivity contribution in [3.05, 3.63) is 59.6 Å². The molecule has 0 radical (unpaired) electrons. The number of thioether (sulfide) groups is 1. The topological polar surface area (TPSA) is 66.9 Å². The van der Waals surface area contributed by atoms with Crippen molar-refractivity contribution in [3.63, 3.8) is 0 Å². The van der Waals surface area contributed by atoms with Gasteiger partial charge in [-0.1, -0.05) is 52.9 Å². The maximum Gasteiger partial charge on any atom is 0.237 e. The third-order valence-corrected chi connectivity index (χ3v) is 5.46. The molecule has 8 heteroatoms. The predicted molar refractivity (Wildman–Crippen MR) is 105 cm³/mol. The minimum Gasteiger partial charge on any atom is -0.330 e. The molecule has 5 nitrogen and oxygen atoms in total. The summed E-state index contributed by atoms with van der Waals surface area (Å²) in [7, 11) is 0. The van der Waals surface area contributed by atoms with E-state index in [0.717, 1.165) is 10.0 Å². The Balaban J connectivity index is 1.56. The van der Waals surface area contributed by atoms with Crippen molar-refractivity contribution in [2.75, 3.05) is 10.6 Å². The fraction of sp³-hybridized carbons (Fsp3) is 0.118. The molecular weight excluding hydrogens is 376 g/mol. The number of carbonyl (C=O) groups excluding carboxylic acids is 1. The van der Waals surface area contributed by atoms with Gasteiger partial charge in [-0.15, -0.1) is 10.2 Å². The molecule has 0 aliphatic carbocycles. The number of aromatic nitrogens is 2. The van der Waals surface area contributed by atoms with Gasteiger partial charge < -0.3 is 10.6 Å². The number of amides is 1. The highest BCUT2D eigenvalue weighted by molar-refractivity contribution is 8.02. The van der Waals surface area contributed by atoms with E-state index in [0.29, 0.717) is 15.8 Å². The molecule has 0 saturated carbocycles. The lowest BCUT2D eigenvalue weighted by atomic mass is 10.3. The van der Waals surface area contributed by atoms with Crippen LogP contribution < -0.4 is 10.6 Å². The van der Waals surface area contributed by atoms with Gasteiger partial charge >= 0.3 is 0 Å². The molecule has 0 bridgehead atoms. The molecule has 2 N–H and O–H groups in total. The first-order valence-electron chi connectivity index (χ1n) is 7.49. The third-order valence-electron chi connectivity index (χ3n) is 3.19. The van der Waals surface area contributed by atoms with E-state index in [1.165, 1.54) is 23.1 Å². The standard InChI is InChI=1S/C17H15ClN4OS2/c1-11(15(23)19-14-9-7-12(18)8-10-14)24-17-22-21-16(25-17)20-13-5-3-2-4-6-13/h2-11H,1H3,(H,19,23)(H,20,21). The van der Waals surface area contributed by atoms with Gasteiger partial charge in [0.1, 0.15) is 0 Å². The Kier molecular flexibility index (Phi) is 5.91. The number of hydrogen-bond acceptors (Lipinski definition) is 6. The van der Waals surface area contributed by atoms with Crippen LogP contribution in [0.4, 0.5) is 16.5 Å². The summed E-state index contributed by atoms with van der Waals surface area (Å²) in [6.45, 7) is 1.83. The van der Waals surface area contributed by atoms with E-state index in [-0.39, 0.29) is 11.2 Å². The summed E-state index contributed by atoms with van der Waals surface area (Å²) >= 11 is 8.63. The highest BCUT2D eigenvalue weighted by atomic mass is 35.5. The van der Waals surface area contributed by atoms with Crippen molar-refractivity contribution in [1.29, 1.82) is 0 Å². The van der Waals surface area contributed by atoms with Gasteiger partial charge in [0.05, 0.1) is 5.25 Å². The smallest absolute Gasteiger partial charge is 0.237 e. The highest BCUT2D eigenvalue weighted by Gasteiger charge is 2.17. The summed E-state index contributed by atoms with van der Waals surface area (Å²) < 4.78 is 0.734. The first-order valence-corrected chi connectivity index (χ1v) is 9.56. The van der Waals surface area contributed by atoms with Gasteiger partial charge in [-0.25, -0.2) is 0 Å². The number of benzene rings is 2. The number of hydrogen-bond donors (Lipinski definition) is 2. The van der Waals surface area contributed by atoms with Crippen molar-refractivity contribution in [2.45, 2.75) is 16.5 Å². The van der Waals surface area contributed by atoms with Crippen LogP contribution in [0.25, 0.3) is 0 Å². The Morgan fingerprint density at radius 2 is 1.80 bits per heavy atom. The van der Waals surface area contributed by atoms with Crippen LogP contribution in [0.3, 0.4) is 0 Å². The maximum atomic E-state index is 12.3. The van der Waals surface area contributed by atoms with E-state index in [1.807, 2.05) is 37.3 Å². The second-order valence-corrected chi connectivity index (χ2v) is 8.12. The Hall–Kier alpha value is -2.09. The summed E-state index contributed by atoms with van der Waals surface area (Å²) in [6.07, 6.45) is 0. The Labute approximate surface area is 158 Å². The second-order valence-electron chi connectivity index (χ2n) is 5.12. The molecule has 0 fully saturated rings. The minimum atomic E-state index is -0.298. The molecule has 128 valence electrons. The van der Waals surface area contributed by atoms with Gasteiger partial charge in [0.25, 0.3) is 0 Å². The maximum absolute atomic E-state index is 12.3. The molecule has 2 aromatic carbocycles. The lowest BCUT2D eigenvalue weighted by Crippen LogP contribution is -2.22. The Morgan fingerprint density at radius 3 is 2.52 bits per heavy atom. The van der Waals surface area contributed by atoms with Crippen molar-refractivity contribution in [3.8, 4) is 0 Å². The fourth-order valence-electron chi connectivity index (χ4n) is 1.93.